The van der Waals surface area contributed by atoms with Crippen molar-refractivity contribution in [3.63, 3.8) is 0 Å². The second-order valence-electron chi connectivity index (χ2n) is 5.28. The van der Waals surface area contributed by atoms with Crippen molar-refractivity contribution in [3.05, 3.63) is 30.1 Å². The van der Waals surface area contributed by atoms with E-state index in [9.17, 15) is 4.79 Å². The van der Waals surface area contributed by atoms with Gasteiger partial charge in [-0.3, -0.25) is 4.79 Å². The summed E-state index contributed by atoms with van der Waals surface area (Å²) in [6.45, 7) is 5.17. The van der Waals surface area contributed by atoms with Gasteiger partial charge in [0.1, 0.15) is 5.82 Å². The van der Waals surface area contributed by atoms with Gasteiger partial charge in [-0.05, 0) is 32.0 Å². The van der Waals surface area contributed by atoms with Gasteiger partial charge in [0.25, 0.3) is 0 Å². The van der Waals surface area contributed by atoms with E-state index in [1.165, 1.54) is 0 Å². The molecule has 0 spiro atoms. The quantitative estimate of drug-likeness (QED) is 0.890. The Morgan fingerprint density at radius 1 is 1.41 bits per heavy atom. The van der Waals surface area contributed by atoms with Crippen molar-refractivity contribution in [1.29, 1.82) is 0 Å². The number of rotatable bonds is 4. The van der Waals surface area contributed by atoms with Gasteiger partial charge in [0, 0.05) is 19.6 Å². The molecule has 5 nitrogen and oxygen atoms in total. The van der Waals surface area contributed by atoms with E-state index >= 15 is 0 Å². The maximum Gasteiger partial charge on any atom is 0.224 e. The SMILES string of the molecule is Cc1nc2ccccc2n1CCNC(=O)C1CCNC1.Cl.Cl. The number of aryl methyl sites for hydroxylation is 1. The molecule has 1 aromatic carbocycles. The van der Waals surface area contributed by atoms with Gasteiger partial charge in [-0.1, -0.05) is 12.1 Å². The Kier molecular flexibility index (Phi) is 7.13. The molecule has 0 radical (unpaired) electrons. The number of hydrogen-bond acceptors (Lipinski definition) is 3. The van der Waals surface area contributed by atoms with Crippen LogP contribution in [0.1, 0.15) is 12.2 Å². The van der Waals surface area contributed by atoms with Crippen LogP contribution < -0.4 is 10.6 Å². The van der Waals surface area contributed by atoms with Crippen LogP contribution in [0.5, 0.6) is 0 Å². The molecule has 2 N–H and O–H groups in total. The Bertz CT molecular complexity index is 623. The number of benzene rings is 1. The number of fused-ring (bicyclic) bond motifs is 1. The Balaban J connectivity index is 0.00000121. The number of imidazole rings is 1. The molecule has 1 saturated heterocycles. The smallest absolute Gasteiger partial charge is 0.224 e. The minimum Gasteiger partial charge on any atom is -0.354 e. The van der Waals surface area contributed by atoms with E-state index < -0.39 is 0 Å². The fourth-order valence-corrected chi connectivity index (χ4v) is 2.79. The average Bonchev–Trinajstić information content (AvgIpc) is 3.07. The zero-order valence-corrected chi connectivity index (χ0v) is 14.2. The number of halogens is 2. The van der Waals surface area contributed by atoms with Crippen molar-refractivity contribution in [1.82, 2.24) is 20.2 Å². The van der Waals surface area contributed by atoms with Crippen LogP contribution in [0.4, 0.5) is 0 Å². The molecule has 1 atom stereocenters. The van der Waals surface area contributed by atoms with Crippen molar-refractivity contribution in [2.24, 2.45) is 5.92 Å². The van der Waals surface area contributed by atoms with Crippen LogP contribution in [0.15, 0.2) is 24.3 Å². The highest BCUT2D eigenvalue weighted by atomic mass is 35.5. The summed E-state index contributed by atoms with van der Waals surface area (Å²) in [6.07, 6.45) is 0.943. The highest BCUT2D eigenvalue weighted by Crippen LogP contribution is 2.15. The molecule has 1 aromatic heterocycles. The molecule has 3 rings (SSSR count). The van der Waals surface area contributed by atoms with Crippen molar-refractivity contribution >= 4 is 41.8 Å². The van der Waals surface area contributed by atoms with Gasteiger partial charge < -0.3 is 15.2 Å². The van der Waals surface area contributed by atoms with Crippen molar-refractivity contribution in [2.45, 2.75) is 19.9 Å². The molecule has 0 bridgehead atoms. The molecule has 0 saturated carbocycles. The summed E-state index contributed by atoms with van der Waals surface area (Å²) in [5, 5.41) is 6.24. The lowest BCUT2D eigenvalue weighted by molar-refractivity contribution is -0.124. The first-order valence-electron chi connectivity index (χ1n) is 7.16. The van der Waals surface area contributed by atoms with Gasteiger partial charge in [0.05, 0.1) is 17.0 Å². The third kappa shape index (κ3) is 3.91. The van der Waals surface area contributed by atoms with Crippen molar-refractivity contribution in [3.8, 4) is 0 Å². The lowest BCUT2D eigenvalue weighted by Crippen LogP contribution is -2.34. The van der Waals surface area contributed by atoms with Gasteiger partial charge in [0.15, 0.2) is 0 Å². The second kappa shape index (κ2) is 8.36. The number of aromatic nitrogens is 2. The van der Waals surface area contributed by atoms with Crippen LogP contribution in [0, 0.1) is 12.8 Å². The number of carbonyl (C=O) groups excluding carboxylic acids is 1. The molecule has 1 aliphatic heterocycles. The fraction of sp³-hybridized carbons (Fsp3) is 0.467. The standard InChI is InChI=1S/C15H20N4O.2ClH/c1-11-18-13-4-2-3-5-14(13)19(11)9-8-17-15(20)12-6-7-16-10-12;;/h2-5,12,16H,6-10H2,1H3,(H,17,20);2*1H. The predicted octanol–water partition coefficient (Wildman–Crippen LogP) is 1.91. The van der Waals surface area contributed by atoms with Gasteiger partial charge in [-0.25, -0.2) is 4.98 Å². The van der Waals surface area contributed by atoms with Gasteiger partial charge in [0.2, 0.25) is 5.91 Å². The Labute approximate surface area is 142 Å². The number of para-hydroxylation sites is 2. The van der Waals surface area contributed by atoms with Crippen molar-refractivity contribution < 1.29 is 4.79 Å². The molecule has 22 heavy (non-hydrogen) atoms. The Morgan fingerprint density at radius 3 is 2.91 bits per heavy atom. The van der Waals surface area contributed by atoms with E-state index in [0.29, 0.717) is 6.54 Å². The highest BCUT2D eigenvalue weighted by molar-refractivity contribution is 5.85. The predicted molar refractivity (Wildman–Crippen MR) is 93.0 cm³/mol. The lowest BCUT2D eigenvalue weighted by atomic mass is 10.1. The Morgan fingerprint density at radius 2 is 2.18 bits per heavy atom. The largest absolute Gasteiger partial charge is 0.354 e. The average molecular weight is 345 g/mol. The molecular weight excluding hydrogens is 323 g/mol. The van der Waals surface area contributed by atoms with Gasteiger partial charge in [-0.2, -0.15) is 0 Å². The maximum atomic E-state index is 11.9. The van der Waals surface area contributed by atoms with Crippen molar-refractivity contribution in [2.75, 3.05) is 19.6 Å². The van der Waals surface area contributed by atoms with Crippen LogP contribution in [-0.2, 0) is 11.3 Å². The number of hydrogen-bond donors (Lipinski definition) is 2. The van der Waals surface area contributed by atoms with E-state index in [-0.39, 0.29) is 36.6 Å². The summed E-state index contributed by atoms with van der Waals surface area (Å²) < 4.78 is 2.16. The Hall–Kier alpha value is -1.30. The first-order chi connectivity index (χ1) is 9.75. The van der Waals surface area contributed by atoms with Crippen LogP contribution in [-0.4, -0.2) is 35.1 Å². The number of amides is 1. The molecule has 1 fully saturated rings. The normalized spacial score (nSPS) is 16.9. The summed E-state index contributed by atoms with van der Waals surface area (Å²) in [5.74, 6) is 1.29. The molecule has 122 valence electrons. The molecule has 1 aliphatic rings. The van der Waals surface area contributed by atoms with E-state index in [1.54, 1.807) is 0 Å². The minimum absolute atomic E-state index is 0. The number of carbonyl (C=O) groups is 1. The minimum atomic E-state index is 0. The van der Waals surface area contributed by atoms with Crippen LogP contribution in [0.3, 0.4) is 0 Å². The lowest BCUT2D eigenvalue weighted by Gasteiger charge is -2.11. The summed E-state index contributed by atoms with van der Waals surface area (Å²) in [6, 6.07) is 8.09. The summed E-state index contributed by atoms with van der Waals surface area (Å²) >= 11 is 0. The number of nitrogens with one attached hydrogen (secondary N) is 2. The maximum absolute atomic E-state index is 11.9. The summed E-state index contributed by atoms with van der Waals surface area (Å²) in [7, 11) is 0. The molecule has 2 aromatic rings. The molecular formula is C15H22Cl2N4O. The first-order valence-corrected chi connectivity index (χ1v) is 7.16. The van der Waals surface area contributed by atoms with E-state index in [4.69, 9.17) is 0 Å². The second-order valence-corrected chi connectivity index (χ2v) is 5.28. The summed E-state index contributed by atoms with van der Waals surface area (Å²) in [5.41, 5.74) is 2.14. The van der Waals surface area contributed by atoms with E-state index in [1.807, 2.05) is 25.1 Å². The molecule has 7 heteroatoms. The van der Waals surface area contributed by atoms with Crippen LogP contribution in [0.25, 0.3) is 11.0 Å². The van der Waals surface area contributed by atoms with E-state index in [0.717, 1.165) is 42.9 Å². The highest BCUT2D eigenvalue weighted by Gasteiger charge is 2.21. The van der Waals surface area contributed by atoms with E-state index in [2.05, 4.69) is 26.3 Å². The van der Waals surface area contributed by atoms with Gasteiger partial charge >= 0.3 is 0 Å². The molecule has 0 aliphatic carbocycles. The van der Waals surface area contributed by atoms with Crippen LogP contribution >= 0.6 is 24.8 Å². The molecule has 2 heterocycles. The van der Waals surface area contributed by atoms with Gasteiger partial charge in [-0.15, -0.1) is 24.8 Å². The number of nitrogens with zero attached hydrogens (tertiary/aromatic N) is 2. The monoisotopic (exact) mass is 344 g/mol. The first kappa shape index (κ1) is 18.7. The zero-order chi connectivity index (χ0) is 13.9. The zero-order valence-electron chi connectivity index (χ0n) is 12.5. The topological polar surface area (TPSA) is 59.0 Å². The van der Waals surface area contributed by atoms with Crippen LogP contribution in [0.2, 0.25) is 0 Å². The molecule has 1 unspecified atom stereocenters. The summed E-state index contributed by atoms with van der Waals surface area (Å²) in [4.78, 5) is 16.5. The molecule has 1 amide bonds. The third-order valence-corrected chi connectivity index (χ3v) is 3.91. The third-order valence-electron chi connectivity index (χ3n) is 3.91. The fourth-order valence-electron chi connectivity index (χ4n) is 2.79.